The van der Waals surface area contributed by atoms with Gasteiger partial charge in [-0.2, -0.15) is 0 Å². The molecule has 0 unspecified atom stereocenters. The van der Waals surface area contributed by atoms with Gasteiger partial charge in [0.25, 0.3) is 0 Å². The maximum atomic E-state index is 5.07. The molecular weight excluding hydrogens is 128 g/mol. The van der Waals surface area contributed by atoms with Crippen molar-refractivity contribution in [2.45, 2.75) is 19.8 Å². The van der Waals surface area contributed by atoms with E-state index in [0.29, 0.717) is 0 Å². The molecule has 0 saturated heterocycles. The standard InChI is InChI=1S/C8H10S/c1-2-7-5-3-4-6-8(7)9/h4-6H,2-3H2,1H3. The van der Waals surface area contributed by atoms with Crippen molar-refractivity contribution in [3.05, 3.63) is 23.8 Å². The van der Waals surface area contributed by atoms with E-state index < -0.39 is 0 Å². The molecule has 48 valence electrons. The van der Waals surface area contributed by atoms with Crippen LogP contribution in [0, 0.1) is 0 Å². The highest BCUT2D eigenvalue weighted by Gasteiger charge is 2.00. The molecule has 1 aliphatic rings. The molecule has 0 spiro atoms. The lowest BCUT2D eigenvalue weighted by Gasteiger charge is -2.04. The summed E-state index contributed by atoms with van der Waals surface area (Å²) >= 11 is 5.07. The number of hydrogen-bond donors (Lipinski definition) is 0. The Morgan fingerprint density at radius 1 is 1.67 bits per heavy atom. The molecule has 0 aliphatic heterocycles. The Hall–Kier alpha value is -0.430. The molecule has 0 heterocycles. The number of thiocarbonyl (C=S) groups is 1. The minimum atomic E-state index is 1.02. The molecule has 9 heavy (non-hydrogen) atoms. The van der Waals surface area contributed by atoms with Crippen molar-refractivity contribution < 1.29 is 0 Å². The van der Waals surface area contributed by atoms with Crippen LogP contribution in [-0.2, 0) is 0 Å². The summed E-state index contributed by atoms with van der Waals surface area (Å²) in [7, 11) is 0. The van der Waals surface area contributed by atoms with Crippen LogP contribution in [-0.4, -0.2) is 4.86 Å². The third-order valence-electron chi connectivity index (χ3n) is 1.47. The van der Waals surface area contributed by atoms with E-state index in [4.69, 9.17) is 12.2 Å². The summed E-state index contributed by atoms with van der Waals surface area (Å²) in [5, 5.41) is 0. The molecular formula is C8H10S. The van der Waals surface area contributed by atoms with Crippen LogP contribution in [0.1, 0.15) is 19.8 Å². The van der Waals surface area contributed by atoms with Crippen LogP contribution < -0.4 is 0 Å². The van der Waals surface area contributed by atoms with Gasteiger partial charge in [-0.1, -0.05) is 31.3 Å². The van der Waals surface area contributed by atoms with Gasteiger partial charge >= 0.3 is 0 Å². The van der Waals surface area contributed by atoms with Gasteiger partial charge in [0.15, 0.2) is 0 Å². The lowest BCUT2D eigenvalue weighted by atomic mass is 10.0. The largest absolute Gasteiger partial charge is 0.0798 e. The SMILES string of the molecule is CCC1=CCC=CC1=S. The Labute approximate surface area is 61.3 Å². The average Bonchev–Trinajstić information content (AvgIpc) is 1.89. The number of allylic oxidation sites excluding steroid dienone is 4. The van der Waals surface area contributed by atoms with Crippen molar-refractivity contribution in [3.8, 4) is 0 Å². The zero-order valence-electron chi connectivity index (χ0n) is 5.55. The molecule has 1 aliphatic carbocycles. The molecule has 0 radical (unpaired) electrons. The molecule has 0 atom stereocenters. The highest BCUT2D eigenvalue weighted by atomic mass is 32.1. The van der Waals surface area contributed by atoms with Crippen LogP contribution >= 0.6 is 12.2 Å². The fourth-order valence-electron chi connectivity index (χ4n) is 0.912. The second kappa shape index (κ2) is 2.92. The zero-order valence-corrected chi connectivity index (χ0v) is 6.37. The first-order chi connectivity index (χ1) is 4.34. The van der Waals surface area contributed by atoms with Gasteiger partial charge in [-0.15, -0.1) is 0 Å². The number of rotatable bonds is 1. The molecule has 0 amide bonds. The summed E-state index contributed by atoms with van der Waals surface area (Å²) < 4.78 is 0. The van der Waals surface area contributed by atoms with E-state index in [1.54, 1.807) is 0 Å². The highest BCUT2D eigenvalue weighted by Crippen LogP contribution is 2.11. The van der Waals surface area contributed by atoms with Crippen LogP contribution in [0.25, 0.3) is 0 Å². The van der Waals surface area contributed by atoms with Gasteiger partial charge in [0.05, 0.1) is 0 Å². The van der Waals surface area contributed by atoms with Gasteiger partial charge in [-0.3, -0.25) is 0 Å². The lowest BCUT2D eigenvalue weighted by molar-refractivity contribution is 1.15. The van der Waals surface area contributed by atoms with Crippen molar-refractivity contribution >= 4 is 17.1 Å². The fourth-order valence-corrected chi connectivity index (χ4v) is 1.24. The second-order valence-electron chi connectivity index (χ2n) is 2.09. The lowest BCUT2D eigenvalue weighted by Crippen LogP contribution is -1.97. The molecule has 0 aromatic rings. The molecule has 0 nitrogen and oxygen atoms in total. The molecule has 0 aromatic carbocycles. The van der Waals surface area contributed by atoms with Gasteiger partial charge in [0.1, 0.15) is 0 Å². The molecule has 1 heteroatoms. The first kappa shape index (κ1) is 6.69. The minimum Gasteiger partial charge on any atom is -0.0798 e. The smallest absolute Gasteiger partial charge is 0.0402 e. The van der Waals surface area contributed by atoms with Gasteiger partial charge in [0.2, 0.25) is 0 Å². The van der Waals surface area contributed by atoms with E-state index in [1.165, 1.54) is 5.57 Å². The Morgan fingerprint density at radius 2 is 2.44 bits per heavy atom. The molecule has 1 rings (SSSR count). The first-order valence-electron chi connectivity index (χ1n) is 3.24. The summed E-state index contributed by atoms with van der Waals surface area (Å²) in [6.45, 7) is 2.14. The summed E-state index contributed by atoms with van der Waals surface area (Å²) in [4.78, 5) is 1.02. The maximum Gasteiger partial charge on any atom is 0.0402 e. The Balaban J connectivity index is 2.71. The van der Waals surface area contributed by atoms with Crippen molar-refractivity contribution in [1.82, 2.24) is 0 Å². The molecule has 0 N–H and O–H groups in total. The Kier molecular flexibility index (Phi) is 2.17. The third kappa shape index (κ3) is 1.49. The van der Waals surface area contributed by atoms with E-state index >= 15 is 0 Å². The molecule has 0 fully saturated rings. The van der Waals surface area contributed by atoms with E-state index in [1.807, 2.05) is 6.08 Å². The average molecular weight is 138 g/mol. The van der Waals surface area contributed by atoms with Crippen LogP contribution in [0.4, 0.5) is 0 Å². The summed E-state index contributed by atoms with van der Waals surface area (Å²) in [5.74, 6) is 0. The number of hydrogen-bond acceptors (Lipinski definition) is 1. The Bertz CT molecular complexity index is 175. The van der Waals surface area contributed by atoms with Crippen LogP contribution in [0.15, 0.2) is 23.8 Å². The van der Waals surface area contributed by atoms with E-state index in [9.17, 15) is 0 Å². The predicted molar refractivity (Wildman–Crippen MR) is 44.7 cm³/mol. The normalized spacial score (nSPS) is 17.9. The van der Waals surface area contributed by atoms with E-state index in [-0.39, 0.29) is 0 Å². The van der Waals surface area contributed by atoms with Crippen molar-refractivity contribution in [3.63, 3.8) is 0 Å². The van der Waals surface area contributed by atoms with E-state index in [0.717, 1.165) is 17.7 Å². The van der Waals surface area contributed by atoms with Crippen LogP contribution in [0.3, 0.4) is 0 Å². The third-order valence-corrected chi connectivity index (χ3v) is 1.87. The highest BCUT2D eigenvalue weighted by molar-refractivity contribution is 7.81. The summed E-state index contributed by atoms with van der Waals surface area (Å²) in [6.07, 6.45) is 8.45. The van der Waals surface area contributed by atoms with Gasteiger partial charge in [-0.05, 0) is 24.5 Å². The summed E-state index contributed by atoms with van der Waals surface area (Å²) in [5.41, 5.74) is 1.33. The van der Waals surface area contributed by atoms with Crippen LogP contribution in [0.5, 0.6) is 0 Å². The minimum absolute atomic E-state index is 1.02. The predicted octanol–water partition coefficient (Wildman–Crippen LogP) is 2.65. The molecule has 0 aromatic heterocycles. The fraction of sp³-hybridized carbons (Fsp3) is 0.375. The second-order valence-corrected chi connectivity index (χ2v) is 2.53. The monoisotopic (exact) mass is 138 g/mol. The molecule has 0 bridgehead atoms. The van der Waals surface area contributed by atoms with Crippen LogP contribution in [0.2, 0.25) is 0 Å². The van der Waals surface area contributed by atoms with Crippen molar-refractivity contribution in [2.24, 2.45) is 0 Å². The quantitative estimate of drug-likeness (QED) is 0.502. The molecule has 0 saturated carbocycles. The Morgan fingerprint density at radius 3 is 2.89 bits per heavy atom. The van der Waals surface area contributed by atoms with E-state index in [2.05, 4.69) is 19.1 Å². The maximum absolute atomic E-state index is 5.07. The van der Waals surface area contributed by atoms with Gasteiger partial charge < -0.3 is 0 Å². The van der Waals surface area contributed by atoms with Crippen molar-refractivity contribution in [2.75, 3.05) is 0 Å². The summed E-state index contributed by atoms with van der Waals surface area (Å²) in [6, 6.07) is 0. The van der Waals surface area contributed by atoms with Gasteiger partial charge in [0, 0.05) is 4.86 Å². The first-order valence-corrected chi connectivity index (χ1v) is 3.65. The van der Waals surface area contributed by atoms with Crippen molar-refractivity contribution in [1.29, 1.82) is 0 Å². The zero-order chi connectivity index (χ0) is 6.69. The topological polar surface area (TPSA) is 0 Å². The van der Waals surface area contributed by atoms with Gasteiger partial charge in [-0.25, -0.2) is 0 Å².